The average Bonchev–Trinajstić information content (AvgIpc) is 3.06. The maximum Gasteiger partial charge on any atom is 0.253 e. The topological polar surface area (TPSA) is 63.4 Å². The van der Waals surface area contributed by atoms with Crippen LogP contribution in [0.1, 0.15) is 29.4 Å². The molecule has 0 fully saturated rings. The lowest BCUT2D eigenvalue weighted by molar-refractivity contribution is -0.128. The molecule has 3 aromatic rings. The fourth-order valence-electron chi connectivity index (χ4n) is 2.70. The fraction of sp³-hybridized carbons (Fsp3) is 0.368. The van der Waals surface area contributed by atoms with Crippen LogP contribution in [0.25, 0.3) is 5.78 Å². The van der Waals surface area contributed by atoms with E-state index in [1.165, 1.54) is 11.8 Å². The van der Waals surface area contributed by atoms with Crippen LogP contribution in [-0.2, 0) is 11.3 Å². The van der Waals surface area contributed by atoms with Crippen LogP contribution >= 0.6 is 11.8 Å². The molecule has 0 spiro atoms. The second-order valence-corrected chi connectivity index (χ2v) is 7.14. The molecular formula is C19H23N5OS. The first-order valence-corrected chi connectivity index (χ1v) is 9.63. The molecule has 0 radical (unpaired) electrons. The molecule has 0 aliphatic heterocycles. The largest absolute Gasteiger partial charge is 0.338 e. The van der Waals surface area contributed by atoms with Gasteiger partial charge in [0.15, 0.2) is 0 Å². The summed E-state index contributed by atoms with van der Waals surface area (Å²) in [6, 6.07) is 10.0. The zero-order valence-electron chi connectivity index (χ0n) is 15.6. The summed E-state index contributed by atoms with van der Waals surface area (Å²) >= 11 is 1.35. The van der Waals surface area contributed by atoms with Crippen molar-refractivity contribution in [2.24, 2.45) is 0 Å². The number of aryl methyl sites for hydroxylation is 2. The van der Waals surface area contributed by atoms with Crippen LogP contribution in [-0.4, -0.2) is 42.7 Å². The Morgan fingerprint density at radius 2 is 1.88 bits per heavy atom. The maximum atomic E-state index is 12.6. The van der Waals surface area contributed by atoms with Crippen LogP contribution in [0.4, 0.5) is 0 Å². The van der Waals surface area contributed by atoms with Gasteiger partial charge >= 0.3 is 0 Å². The number of aromatic nitrogens is 4. The van der Waals surface area contributed by atoms with Crippen molar-refractivity contribution >= 4 is 23.4 Å². The highest BCUT2D eigenvalue weighted by atomic mass is 32.2. The normalized spacial score (nSPS) is 11.1. The molecule has 0 N–H and O–H groups in total. The average molecular weight is 369 g/mol. The lowest BCUT2D eigenvalue weighted by Crippen LogP contribution is -2.31. The van der Waals surface area contributed by atoms with E-state index in [4.69, 9.17) is 0 Å². The Balaban J connectivity index is 1.68. The lowest BCUT2D eigenvalue weighted by Gasteiger charge is -2.20. The van der Waals surface area contributed by atoms with E-state index in [2.05, 4.69) is 15.1 Å². The molecule has 0 aliphatic carbocycles. The van der Waals surface area contributed by atoms with Crippen LogP contribution in [0.15, 0.2) is 35.5 Å². The van der Waals surface area contributed by atoms with Gasteiger partial charge in [-0.25, -0.2) is 9.50 Å². The number of carbonyl (C=O) groups excluding carboxylic acids is 1. The molecular weight excluding hydrogens is 346 g/mol. The number of fused-ring (bicyclic) bond motifs is 1. The predicted octanol–water partition coefficient (Wildman–Crippen LogP) is 3.19. The molecule has 26 heavy (non-hydrogen) atoms. The smallest absolute Gasteiger partial charge is 0.253 e. The van der Waals surface area contributed by atoms with Crippen molar-refractivity contribution in [3.63, 3.8) is 0 Å². The lowest BCUT2D eigenvalue weighted by atomic mass is 10.2. The van der Waals surface area contributed by atoms with Gasteiger partial charge in [-0.2, -0.15) is 4.98 Å². The van der Waals surface area contributed by atoms with E-state index < -0.39 is 0 Å². The zero-order valence-corrected chi connectivity index (χ0v) is 16.4. The van der Waals surface area contributed by atoms with E-state index in [0.717, 1.165) is 22.5 Å². The van der Waals surface area contributed by atoms with Crippen molar-refractivity contribution in [2.45, 2.75) is 39.4 Å². The summed E-state index contributed by atoms with van der Waals surface area (Å²) in [6.45, 7) is 9.28. The summed E-state index contributed by atoms with van der Waals surface area (Å²) in [5.41, 5.74) is 4.21. The van der Waals surface area contributed by atoms with Crippen molar-refractivity contribution in [3.8, 4) is 0 Å². The second-order valence-electron chi connectivity index (χ2n) is 6.20. The number of hydrogen-bond donors (Lipinski definition) is 0. The van der Waals surface area contributed by atoms with Gasteiger partial charge in [0.1, 0.15) is 0 Å². The third-order valence-electron chi connectivity index (χ3n) is 4.52. The second kappa shape index (κ2) is 7.86. The van der Waals surface area contributed by atoms with Gasteiger partial charge in [-0.15, -0.1) is 5.10 Å². The number of thioether (sulfide) groups is 1. The van der Waals surface area contributed by atoms with Gasteiger partial charge in [0.05, 0.1) is 5.75 Å². The molecule has 0 bridgehead atoms. The molecule has 0 atom stereocenters. The molecule has 7 heteroatoms. The Kier molecular flexibility index (Phi) is 5.56. The standard InChI is InChI=1S/C19H23N5OS/c1-5-23(11-16-9-7-6-8-10-16)17(25)12-26-19-21-18-20-14(3)13(2)15(4)24(18)22-19/h6-10H,5,11-12H2,1-4H3. The first-order valence-electron chi connectivity index (χ1n) is 8.64. The SMILES string of the molecule is CCN(Cc1ccccc1)C(=O)CSc1nc2nc(C)c(C)c(C)n2n1. The zero-order chi connectivity index (χ0) is 18.7. The molecule has 2 aromatic heterocycles. The maximum absolute atomic E-state index is 12.6. The van der Waals surface area contributed by atoms with Gasteiger partial charge in [-0.1, -0.05) is 42.1 Å². The number of rotatable bonds is 6. The monoisotopic (exact) mass is 369 g/mol. The Hall–Kier alpha value is -2.41. The molecule has 136 valence electrons. The third kappa shape index (κ3) is 3.88. The van der Waals surface area contributed by atoms with Crippen molar-refractivity contribution in [1.82, 2.24) is 24.5 Å². The minimum Gasteiger partial charge on any atom is -0.338 e. The first-order chi connectivity index (χ1) is 12.5. The van der Waals surface area contributed by atoms with Crippen LogP contribution in [0.5, 0.6) is 0 Å². The molecule has 3 rings (SSSR count). The van der Waals surface area contributed by atoms with Gasteiger partial charge in [-0.3, -0.25) is 4.79 Å². The quantitative estimate of drug-likeness (QED) is 0.625. The Morgan fingerprint density at radius 1 is 1.15 bits per heavy atom. The van der Waals surface area contributed by atoms with E-state index in [1.54, 1.807) is 4.52 Å². The highest BCUT2D eigenvalue weighted by molar-refractivity contribution is 7.99. The van der Waals surface area contributed by atoms with Gasteiger partial charge in [0, 0.05) is 24.5 Å². The molecule has 0 unspecified atom stereocenters. The predicted molar refractivity (Wildman–Crippen MR) is 103 cm³/mol. The first kappa shape index (κ1) is 18.4. The van der Waals surface area contributed by atoms with Crippen LogP contribution in [0.2, 0.25) is 0 Å². The Labute approximate surface area is 157 Å². The van der Waals surface area contributed by atoms with E-state index in [9.17, 15) is 4.79 Å². The van der Waals surface area contributed by atoms with Gasteiger partial charge in [0.25, 0.3) is 5.78 Å². The summed E-state index contributed by atoms with van der Waals surface area (Å²) < 4.78 is 1.75. The van der Waals surface area contributed by atoms with Crippen LogP contribution in [0.3, 0.4) is 0 Å². The van der Waals surface area contributed by atoms with Crippen molar-refractivity contribution < 1.29 is 4.79 Å². The summed E-state index contributed by atoms with van der Waals surface area (Å²) in [6.07, 6.45) is 0. The number of amides is 1. The summed E-state index contributed by atoms with van der Waals surface area (Å²) in [5.74, 6) is 0.976. The molecule has 1 amide bonds. The molecule has 1 aromatic carbocycles. The van der Waals surface area contributed by atoms with Gasteiger partial charge < -0.3 is 4.90 Å². The molecule has 0 saturated carbocycles. The summed E-state index contributed by atoms with van der Waals surface area (Å²) in [4.78, 5) is 23.3. The van der Waals surface area contributed by atoms with E-state index in [-0.39, 0.29) is 5.91 Å². The van der Waals surface area contributed by atoms with E-state index >= 15 is 0 Å². The van der Waals surface area contributed by atoms with Crippen molar-refractivity contribution in [1.29, 1.82) is 0 Å². The number of hydrogen-bond acceptors (Lipinski definition) is 5. The third-order valence-corrected chi connectivity index (χ3v) is 5.34. The Bertz CT molecular complexity index is 923. The number of benzene rings is 1. The molecule has 6 nitrogen and oxygen atoms in total. The van der Waals surface area contributed by atoms with Crippen molar-refractivity contribution in [3.05, 3.63) is 52.8 Å². The minimum atomic E-state index is 0.0808. The van der Waals surface area contributed by atoms with E-state index in [1.807, 2.05) is 62.9 Å². The molecule has 2 heterocycles. The van der Waals surface area contributed by atoms with Crippen LogP contribution < -0.4 is 0 Å². The highest BCUT2D eigenvalue weighted by Gasteiger charge is 2.16. The van der Waals surface area contributed by atoms with E-state index in [0.29, 0.717) is 29.8 Å². The molecule has 0 aliphatic rings. The Morgan fingerprint density at radius 3 is 2.58 bits per heavy atom. The van der Waals surface area contributed by atoms with Gasteiger partial charge in [0.2, 0.25) is 11.1 Å². The van der Waals surface area contributed by atoms with Crippen molar-refractivity contribution in [2.75, 3.05) is 12.3 Å². The molecule has 0 saturated heterocycles. The number of nitrogens with zero attached hydrogens (tertiary/aromatic N) is 5. The van der Waals surface area contributed by atoms with Gasteiger partial charge in [-0.05, 0) is 38.8 Å². The minimum absolute atomic E-state index is 0.0808. The fourth-order valence-corrected chi connectivity index (χ4v) is 3.42. The summed E-state index contributed by atoms with van der Waals surface area (Å²) in [5, 5.41) is 5.07. The number of carbonyl (C=O) groups is 1. The highest BCUT2D eigenvalue weighted by Crippen LogP contribution is 2.18. The van der Waals surface area contributed by atoms with Crippen LogP contribution in [0, 0.1) is 20.8 Å². The summed E-state index contributed by atoms with van der Waals surface area (Å²) in [7, 11) is 0.